The van der Waals surface area contributed by atoms with Gasteiger partial charge in [-0.1, -0.05) is 143 Å². The maximum atomic E-state index is 4.14. The van der Waals surface area contributed by atoms with E-state index in [0.717, 1.165) is 33.8 Å². The van der Waals surface area contributed by atoms with E-state index in [4.69, 9.17) is 0 Å². The maximum absolute atomic E-state index is 4.14. The van der Waals surface area contributed by atoms with Crippen molar-refractivity contribution in [3.05, 3.63) is 207 Å². The van der Waals surface area contributed by atoms with Gasteiger partial charge in [0.1, 0.15) is 0 Å². The summed E-state index contributed by atoms with van der Waals surface area (Å²) < 4.78 is 4.57. The lowest BCUT2D eigenvalue weighted by atomic mass is 9.82. The number of aromatic nitrogens is 1. The molecule has 1 unspecified atom stereocenters. The Labute approximate surface area is 341 Å². The van der Waals surface area contributed by atoms with Gasteiger partial charge in [0.05, 0.1) is 17.1 Å². The van der Waals surface area contributed by atoms with Crippen LogP contribution in [0, 0.1) is 0 Å². The van der Waals surface area contributed by atoms with Crippen LogP contribution in [0.1, 0.15) is 49.8 Å². The third kappa shape index (κ3) is 6.46. The van der Waals surface area contributed by atoms with Crippen LogP contribution in [0.5, 0.6) is 0 Å². The molecule has 3 aliphatic carbocycles. The molecular formula is C51H42Br2N2. The Hall–Kier alpha value is -5.16. The molecule has 0 saturated carbocycles. The first-order valence-electron chi connectivity index (χ1n) is 19.1. The Morgan fingerprint density at radius 2 is 1.49 bits per heavy atom. The molecule has 9 rings (SSSR count). The summed E-state index contributed by atoms with van der Waals surface area (Å²) in [5, 5.41) is 2.46. The van der Waals surface area contributed by atoms with Crippen LogP contribution in [0.2, 0.25) is 0 Å². The molecule has 0 N–H and O–H groups in total. The number of allylic oxidation sites excluding steroid dienone is 10. The predicted octanol–water partition coefficient (Wildman–Crippen LogP) is 14.7. The van der Waals surface area contributed by atoms with Gasteiger partial charge in [-0.2, -0.15) is 0 Å². The molecule has 0 amide bonds. The fourth-order valence-electron chi connectivity index (χ4n) is 8.66. The van der Waals surface area contributed by atoms with E-state index >= 15 is 0 Å². The Morgan fingerprint density at radius 1 is 0.782 bits per heavy atom. The highest BCUT2D eigenvalue weighted by Gasteiger charge is 2.36. The Morgan fingerprint density at radius 3 is 2.15 bits per heavy atom. The van der Waals surface area contributed by atoms with Crippen molar-refractivity contribution in [3.63, 3.8) is 0 Å². The third-order valence-electron chi connectivity index (χ3n) is 11.5. The van der Waals surface area contributed by atoms with Crippen molar-refractivity contribution in [3.8, 4) is 16.8 Å². The van der Waals surface area contributed by atoms with E-state index in [-0.39, 0.29) is 11.5 Å². The maximum Gasteiger partial charge on any atom is 0.0554 e. The van der Waals surface area contributed by atoms with Gasteiger partial charge in [-0.25, -0.2) is 0 Å². The Balaban J connectivity index is 1.10. The molecule has 1 heterocycles. The average Bonchev–Trinajstić information content (AvgIpc) is 3.65. The molecule has 55 heavy (non-hydrogen) atoms. The van der Waals surface area contributed by atoms with Crippen molar-refractivity contribution >= 4 is 64.9 Å². The topological polar surface area (TPSA) is 8.17 Å². The van der Waals surface area contributed by atoms with Crippen LogP contribution in [0.25, 0.3) is 44.2 Å². The first-order chi connectivity index (χ1) is 26.8. The summed E-state index contributed by atoms with van der Waals surface area (Å²) in [6, 6.07) is 38.2. The fraction of sp³-hybridized carbons (Fsp3) is 0.137. The van der Waals surface area contributed by atoms with Gasteiger partial charge in [-0.3, -0.25) is 0 Å². The molecule has 0 saturated heterocycles. The van der Waals surface area contributed by atoms with Gasteiger partial charge >= 0.3 is 0 Å². The minimum Gasteiger partial charge on any atom is -0.341 e. The number of hydrogen-bond acceptors (Lipinski definition) is 1. The minimum atomic E-state index is -0.199. The summed E-state index contributed by atoms with van der Waals surface area (Å²) in [4.78, 5) is 2.44. The fourth-order valence-corrected chi connectivity index (χ4v) is 9.38. The molecule has 5 aromatic carbocycles. The van der Waals surface area contributed by atoms with Gasteiger partial charge in [-0.15, -0.1) is 0 Å². The van der Waals surface area contributed by atoms with Crippen LogP contribution < -0.4 is 4.90 Å². The molecule has 0 bridgehead atoms. The molecule has 1 atom stereocenters. The van der Waals surface area contributed by atoms with E-state index in [9.17, 15) is 0 Å². The minimum absolute atomic E-state index is 0.171. The van der Waals surface area contributed by atoms with Gasteiger partial charge in [0.2, 0.25) is 0 Å². The van der Waals surface area contributed by atoms with E-state index in [1.807, 2.05) is 6.08 Å². The zero-order chi connectivity index (χ0) is 37.7. The zero-order valence-electron chi connectivity index (χ0n) is 31.1. The molecule has 0 fully saturated rings. The molecule has 2 nitrogen and oxygen atoms in total. The second kappa shape index (κ2) is 14.5. The largest absolute Gasteiger partial charge is 0.341 e. The molecule has 0 spiro atoms. The van der Waals surface area contributed by atoms with E-state index in [1.54, 1.807) is 0 Å². The highest BCUT2D eigenvalue weighted by Crippen LogP contribution is 2.51. The van der Waals surface area contributed by atoms with Gasteiger partial charge in [0.25, 0.3) is 0 Å². The van der Waals surface area contributed by atoms with Crippen LogP contribution in [-0.4, -0.2) is 10.6 Å². The summed E-state index contributed by atoms with van der Waals surface area (Å²) in [5.41, 5.74) is 14.8. The highest BCUT2D eigenvalue weighted by molar-refractivity contribution is 9.10. The lowest BCUT2D eigenvalue weighted by molar-refractivity contribution is 0.659. The van der Waals surface area contributed by atoms with Gasteiger partial charge in [0.15, 0.2) is 0 Å². The molecule has 0 aliphatic heterocycles. The summed E-state index contributed by atoms with van der Waals surface area (Å²) in [7, 11) is 0. The predicted molar refractivity (Wildman–Crippen MR) is 242 cm³/mol. The van der Waals surface area contributed by atoms with Crippen molar-refractivity contribution in [1.29, 1.82) is 0 Å². The van der Waals surface area contributed by atoms with Crippen LogP contribution >= 0.6 is 31.9 Å². The lowest BCUT2D eigenvalue weighted by Crippen LogP contribution is -2.30. The first-order valence-corrected chi connectivity index (χ1v) is 20.7. The molecule has 270 valence electrons. The highest BCUT2D eigenvalue weighted by atomic mass is 79.9. The first kappa shape index (κ1) is 35.5. The quantitative estimate of drug-likeness (QED) is 0.139. The summed E-state index contributed by atoms with van der Waals surface area (Å²) in [6.45, 7) is 8.90. The molecule has 0 radical (unpaired) electrons. The number of hydrogen-bond donors (Lipinski definition) is 0. The monoisotopic (exact) mass is 840 g/mol. The standard InChI is InChI=1S/C51H42Br2N2/c1-4-34(35-12-7-5-8-13-35)16-11-29-54(40-21-17-37(18-22-40)36-14-9-6-10-15-36)41-23-25-43-44-26-24-42(33-48(44)51(2,3)47(43)32-41)55-49-27-19-38(52)30-45(49)46-31-39(53)20-28-50(46)55/h4,6-7,9-21,23-33,40H,1,5,8,22H2,2-3H3/b29-11+,34-16+. The Bertz CT molecular complexity index is 2640. The second-order valence-electron chi connectivity index (χ2n) is 15.1. The van der Waals surface area contributed by atoms with Crippen molar-refractivity contribution < 1.29 is 0 Å². The SMILES string of the molecule is C=C/C(=C\C=C\N(c1ccc2c(c1)C(C)(C)c1cc(-n3c4ccc(Br)cc4c4cc(Br)ccc43)ccc1-2)C1C=CC(c2ccccc2)=CC1)C1=CCCC=C1. The van der Waals surface area contributed by atoms with Crippen molar-refractivity contribution in [2.75, 3.05) is 4.90 Å². The van der Waals surface area contributed by atoms with Crippen LogP contribution in [-0.2, 0) is 5.41 Å². The van der Waals surface area contributed by atoms with Crippen LogP contribution in [0.3, 0.4) is 0 Å². The molecule has 4 heteroatoms. The van der Waals surface area contributed by atoms with Crippen LogP contribution in [0.15, 0.2) is 191 Å². The molecule has 6 aromatic rings. The van der Waals surface area contributed by atoms with Gasteiger partial charge in [-0.05, 0) is 131 Å². The third-order valence-corrected chi connectivity index (χ3v) is 12.5. The summed E-state index contributed by atoms with van der Waals surface area (Å²) >= 11 is 7.44. The van der Waals surface area contributed by atoms with E-state index in [2.05, 4.69) is 220 Å². The second-order valence-corrected chi connectivity index (χ2v) is 17.0. The number of fused-ring (bicyclic) bond motifs is 6. The number of benzene rings is 5. The summed E-state index contributed by atoms with van der Waals surface area (Å²) in [6.07, 6.45) is 25.5. The van der Waals surface area contributed by atoms with Gasteiger partial charge < -0.3 is 9.47 Å². The van der Waals surface area contributed by atoms with Crippen LogP contribution in [0.4, 0.5) is 5.69 Å². The number of anilines is 1. The molecular weight excluding hydrogens is 800 g/mol. The van der Waals surface area contributed by atoms with E-state index < -0.39 is 0 Å². The summed E-state index contributed by atoms with van der Waals surface area (Å²) in [5.74, 6) is 0. The zero-order valence-corrected chi connectivity index (χ0v) is 34.3. The Kier molecular flexibility index (Phi) is 9.36. The van der Waals surface area contributed by atoms with E-state index in [1.165, 1.54) is 72.1 Å². The molecule has 3 aliphatic rings. The van der Waals surface area contributed by atoms with Gasteiger partial charge in [0, 0.05) is 42.7 Å². The van der Waals surface area contributed by atoms with Crippen molar-refractivity contribution in [2.45, 2.75) is 44.6 Å². The number of rotatable bonds is 8. The van der Waals surface area contributed by atoms with Crippen molar-refractivity contribution in [1.82, 2.24) is 4.57 Å². The normalized spacial score (nSPS) is 17.4. The van der Waals surface area contributed by atoms with E-state index in [0.29, 0.717) is 0 Å². The number of halogens is 2. The van der Waals surface area contributed by atoms with Crippen molar-refractivity contribution in [2.24, 2.45) is 0 Å². The molecule has 1 aromatic heterocycles. The number of nitrogens with zero attached hydrogens (tertiary/aromatic N) is 2. The average molecular weight is 843 g/mol. The lowest BCUT2D eigenvalue weighted by Gasteiger charge is -2.31. The smallest absolute Gasteiger partial charge is 0.0554 e.